The van der Waals surface area contributed by atoms with Gasteiger partial charge in [0.25, 0.3) is 0 Å². The van der Waals surface area contributed by atoms with E-state index in [9.17, 15) is 9.59 Å². The van der Waals surface area contributed by atoms with E-state index in [2.05, 4.69) is 22.5 Å². The zero-order valence-electron chi connectivity index (χ0n) is 21.2. The van der Waals surface area contributed by atoms with Crippen LogP contribution >= 0.6 is 0 Å². The van der Waals surface area contributed by atoms with Crippen molar-refractivity contribution in [2.75, 3.05) is 0 Å². The lowest BCUT2D eigenvalue weighted by atomic mass is 10.0. The minimum Gasteiger partial charge on any atom is -0.489 e. The lowest BCUT2D eigenvalue weighted by Crippen LogP contribution is -2.40. The van der Waals surface area contributed by atoms with Crippen LogP contribution in [-0.2, 0) is 22.7 Å². The number of nitrogens with two attached hydrogens (primary N) is 2. The van der Waals surface area contributed by atoms with E-state index >= 15 is 0 Å². The molecule has 0 saturated carbocycles. The Balaban J connectivity index is 1.66. The van der Waals surface area contributed by atoms with Gasteiger partial charge in [-0.1, -0.05) is 74.4 Å². The first kappa shape index (κ1) is 27.3. The minimum atomic E-state index is -0.821. The SMILES string of the molecule is CCCCCC(=O)N[C@H](C(=O)NCc1ccc(N=C(N)N)cc1)c1ccc(OCc2ccccc2)cc1. The number of benzene rings is 3. The first-order chi connectivity index (χ1) is 17.9. The van der Waals surface area contributed by atoms with Crippen LogP contribution in [0.15, 0.2) is 83.9 Å². The van der Waals surface area contributed by atoms with Gasteiger partial charge in [0.1, 0.15) is 18.4 Å². The summed E-state index contributed by atoms with van der Waals surface area (Å²) in [5, 5.41) is 5.82. The first-order valence-corrected chi connectivity index (χ1v) is 12.5. The number of guanidine groups is 1. The Morgan fingerprint density at radius 1 is 0.892 bits per heavy atom. The average Bonchev–Trinajstić information content (AvgIpc) is 2.91. The summed E-state index contributed by atoms with van der Waals surface area (Å²) in [7, 11) is 0. The molecule has 37 heavy (non-hydrogen) atoms. The molecule has 0 saturated heterocycles. The Bertz CT molecular complexity index is 1160. The number of ether oxygens (including phenoxy) is 1. The normalized spacial score (nSPS) is 11.3. The summed E-state index contributed by atoms with van der Waals surface area (Å²) in [5.41, 5.74) is 14.1. The molecule has 0 spiro atoms. The zero-order valence-corrected chi connectivity index (χ0v) is 21.2. The summed E-state index contributed by atoms with van der Waals surface area (Å²) in [5.74, 6) is 0.214. The van der Waals surface area contributed by atoms with Gasteiger partial charge in [-0.2, -0.15) is 0 Å². The van der Waals surface area contributed by atoms with Crippen LogP contribution in [0, 0.1) is 0 Å². The van der Waals surface area contributed by atoms with Crippen LogP contribution in [0.4, 0.5) is 5.69 Å². The Morgan fingerprint density at radius 3 is 2.24 bits per heavy atom. The number of nitrogens with one attached hydrogen (secondary N) is 2. The third-order valence-corrected chi connectivity index (χ3v) is 5.70. The van der Waals surface area contributed by atoms with E-state index in [1.54, 1.807) is 24.3 Å². The van der Waals surface area contributed by atoms with E-state index in [0.29, 0.717) is 36.6 Å². The third kappa shape index (κ3) is 9.33. The summed E-state index contributed by atoms with van der Waals surface area (Å²) >= 11 is 0. The fourth-order valence-electron chi connectivity index (χ4n) is 3.70. The molecule has 1 atom stereocenters. The standard InChI is InChI=1S/C29H35N5O3/c1-2-3-5-10-26(35)34-27(28(36)32-19-21-11-15-24(16-12-21)33-29(30)31)23-13-17-25(18-14-23)37-20-22-8-6-4-7-9-22/h4,6-9,11-18,27H,2-3,5,10,19-20H2,1H3,(H,32,36)(H,34,35)(H4,30,31,33)/t27-/m0/s1. The number of carbonyl (C=O) groups excluding carboxylic acids is 2. The molecule has 0 heterocycles. The van der Waals surface area contributed by atoms with Gasteiger partial charge < -0.3 is 26.8 Å². The summed E-state index contributed by atoms with van der Waals surface area (Å²) < 4.78 is 5.86. The van der Waals surface area contributed by atoms with E-state index in [4.69, 9.17) is 16.2 Å². The topological polar surface area (TPSA) is 132 Å². The largest absolute Gasteiger partial charge is 0.489 e. The molecule has 2 amide bonds. The maximum atomic E-state index is 13.2. The summed E-state index contributed by atoms with van der Waals surface area (Å²) in [4.78, 5) is 29.8. The molecule has 0 radical (unpaired) electrons. The van der Waals surface area contributed by atoms with Gasteiger partial charge in [0, 0.05) is 13.0 Å². The highest BCUT2D eigenvalue weighted by Gasteiger charge is 2.22. The highest BCUT2D eigenvalue weighted by atomic mass is 16.5. The Morgan fingerprint density at radius 2 is 1.59 bits per heavy atom. The lowest BCUT2D eigenvalue weighted by molar-refractivity contribution is -0.129. The molecular weight excluding hydrogens is 466 g/mol. The summed E-state index contributed by atoms with van der Waals surface area (Å²) in [6, 6.07) is 23.5. The molecule has 0 aromatic heterocycles. The first-order valence-electron chi connectivity index (χ1n) is 12.5. The molecule has 6 N–H and O–H groups in total. The monoisotopic (exact) mass is 501 g/mol. The molecule has 0 aliphatic heterocycles. The smallest absolute Gasteiger partial charge is 0.247 e. The van der Waals surface area contributed by atoms with E-state index in [1.807, 2.05) is 54.6 Å². The number of amides is 2. The molecular formula is C29H35N5O3. The van der Waals surface area contributed by atoms with Crippen molar-refractivity contribution in [3.63, 3.8) is 0 Å². The fraction of sp³-hybridized carbons (Fsp3) is 0.276. The number of aliphatic imine (C=N–C) groups is 1. The number of hydrogen-bond acceptors (Lipinski definition) is 4. The molecule has 0 fully saturated rings. The van der Waals surface area contributed by atoms with Crippen LogP contribution in [0.2, 0.25) is 0 Å². The molecule has 0 unspecified atom stereocenters. The molecule has 3 rings (SSSR count). The van der Waals surface area contributed by atoms with Crippen molar-refractivity contribution in [2.45, 2.75) is 51.8 Å². The van der Waals surface area contributed by atoms with Gasteiger partial charge >= 0.3 is 0 Å². The van der Waals surface area contributed by atoms with Gasteiger partial charge in [0.05, 0.1) is 5.69 Å². The fourth-order valence-corrected chi connectivity index (χ4v) is 3.70. The van der Waals surface area contributed by atoms with Gasteiger partial charge in [0.15, 0.2) is 5.96 Å². The average molecular weight is 502 g/mol. The van der Waals surface area contributed by atoms with Gasteiger partial charge in [-0.15, -0.1) is 0 Å². The van der Waals surface area contributed by atoms with E-state index < -0.39 is 6.04 Å². The number of unbranched alkanes of at least 4 members (excludes halogenated alkanes) is 2. The number of hydrogen-bond donors (Lipinski definition) is 4. The lowest BCUT2D eigenvalue weighted by Gasteiger charge is -2.19. The van der Waals surface area contributed by atoms with Crippen molar-refractivity contribution < 1.29 is 14.3 Å². The maximum Gasteiger partial charge on any atom is 0.247 e. The molecule has 0 bridgehead atoms. The van der Waals surface area contributed by atoms with Crippen LogP contribution in [0.1, 0.15) is 55.3 Å². The molecule has 0 aliphatic rings. The Hall–Kier alpha value is -4.33. The van der Waals surface area contributed by atoms with Crippen LogP contribution in [0.5, 0.6) is 5.75 Å². The third-order valence-electron chi connectivity index (χ3n) is 5.70. The molecule has 0 aliphatic carbocycles. The number of rotatable bonds is 13. The predicted octanol–water partition coefficient (Wildman–Crippen LogP) is 4.22. The van der Waals surface area contributed by atoms with Crippen LogP contribution in [-0.4, -0.2) is 17.8 Å². The van der Waals surface area contributed by atoms with Gasteiger partial charge in [0.2, 0.25) is 11.8 Å². The quantitative estimate of drug-likeness (QED) is 0.158. The second-order valence-electron chi connectivity index (χ2n) is 8.72. The summed E-state index contributed by atoms with van der Waals surface area (Å²) in [6.45, 7) is 2.82. The van der Waals surface area contributed by atoms with Crippen molar-refractivity contribution >= 4 is 23.5 Å². The van der Waals surface area contributed by atoms with Crippen molar-refractivity contribution in [1.82, 2.24) is 10.6 Å². The van der Waals surface area contributed by atoms with Crippen molar-refractivity contribution in [3.05, 3.63) is 95.6 Å². The van der Waals surface area contributed by atoms with Gasteiger partial charge in [-0.3, -0.25) is 9.59 Å². The zero-order chi connectivity index (χ0) is 26.5. The molecule has 8 nitrogen and oxygen atoms in total. The Kier molecular flexibility index (Phi) is 10.5. The number of nitrogens with zero attached hydrogens (tertiary/aromatic N) is 1. The van der Waals surface area contributed by atoms with Gasteiger partial charge in [-0.05, 0) is 47.4 Å². The second kappa shape index (κ2) is 14.3. The molecule has 8 heteroatoms. The second-order valence-corrected chi connectivity index (χ2v) is 8.72. The maximum absolute atomic E-state index is 13.2. The van der Waals surface area contributed by atoms with E-state index in [1.165, 1.54) is 0 Å². The van der Waals surface area contributed by atoms with Gasteiger partial charge in [-0.25, -0.2) is 4.99 Å². The van der Waals surface area contributed by atoms with Crippen LogP contribution in [0.25, 0.3) is 0 Å². The van der Waals surface area contributed by atoms with E-state index in [-0.39, 0.29) is 17.8 Å². The van der Waals surface area contributed by atoms with Crippen LogP contribution < -0.4 is 26.8 Å². The Labute approximate surface area is 218 Å². The molecule has 3 aromatic carbocycles. The van der Waals surface area contributed by atoms with E-state index in [0.717, 1.165) is 30.4 Å². The minimum absolute atomic E-state index is 0.0185. The highest BCUT2D eigenvalue weighted by molar-refractivity contribution is 5.88. The number of carbonyl (C=O) groups is 2. The van der Waals surface area contributed by atoms with Crippen LogP contribution in [0.3, 0.4) is 0 Å². The summed E-state index contributed by atoms with van der Waals surface area (Å²) in [6.07, 6.45) is 3.14. The molecule has 3 aromatic rings. The van der Waals surface area contributed by atoms with Crippen molar-refractivity contribution in [1.29, 1.82) is 0 Å². The van der Waals surface area contributed by atoms with Crippen molar-refractivity contribution in [3.8, 4) is 5.75 Å². The molecule has 194 valence electrons. The highest BCUT2D eigenvalue weighted by Crippen LogP contribution is 2.20. The van der Waals surface area contributed by atoms with Crippen molar-refractivity contribution in [2.24, 2.45) is 16.5 Å². The predicted molar refractivity (Wildman–Crippen MR) is 146 cm³/mol.